The van der Waals surface area contributed by atoms with Gasteiger partial charge in [0.15, 0.2) is 5.82 Å². The van der Waals surface area contributed by atoms with Crippen LogP contribution in [-0.4, -0.2) is 31.3 Å². The average Bonchev–Trinajstić information content (AvgIpc) is 3.14. The van der Waals surface area contributed by atoms with E-state index in [1.165, 1.54) is 0 Å². The second kappa shape index (κ2) is 5.03. The lowest BCUT2D eigenvalue weighted by Gasteiger charge is -2.16. The fraction of sp³-hybridized carbons (Fsp3) is 0.429. The van der Waals surface area contributed by atoms with Crippen LogP contribution in [0, 0.1) is 12.8 Å². The summed E-state index contributed by atoms with van der Waals surface area (Å²) in [5, 5.41) is 21.0. The Hall–Kier alpha value is -2.24. The molecule has 0 aliphatic heterocycles. The molecule has 6 nitrogen and oxygen atoms in total. The van der Waals surface area contributed by atoms with Crippen molar-refractivity contribution >= 4 is 5.97 Å². The topological polar surface area (TPSA) is 80.9 Å². The van der Waals surface area contributed by atoms with E-state index in [0.717, 1.165) is 24.0 Å². The Bertz CT molecular complexity index is 634. The molecule has 1 aromatic heterocycles. The van der Waals surface area contributed by atoms with Gasteiger partial charge < -0.3 is 5.11 Å². The van der Waals surface area contributed by atoms with Gasteiger partial charge in [0.1, 0.15) is 0 Å². The summed E-state index contributed by atoms with van der Waals surface area (Å²) in [5.74, 6) is 0.215. The number of carbonyl (C=O) groups is 1. The van der Waals surface area contributed by atoms with E-state index < -0.39 is 5.97 Å². The second-order valence-electron chi connectivity index (χ2n) is 5.26. The number of nitrogens with zero attached hydrogens (tertiary/aromatic N) is 4. The molecule has 104 valence electrons. The molecule has 1 atom stereocenters. The molecule has 1 saturated carbocycles. The van der Waals surface area contributed by atoms with Crippen LogP contribution in [-0.2, 0) is 4.79 Å². The molecule has 1 aromatic carbocycles. The van der Waals surface area contributed by atoms with Crippen molar-refractivity contribution in [1.82, 2.24) is 20.2 Å². The van der Waals surface area contributed by atoms with Gasteiger partial charge >= 0.3 is 5.97 Å². The third-order valence-electron chi connectivity index (χ3n) is 3.74. The third kappa shape index (κ3) is 2.41. The van der Waals surface area contributed by atoms with Crippen molar-refractivity contribution in [2.75, 3.05) is 0 Å². The van der Waals surface area contributed by atoms with Gasteiger partial charge in [0.2, 0.25) is 0 Å². The number of aliphatic carboxylic acids is 1. The normalized spacial score (nSPS) is 16.1. The molecule has 1 aliphatic carbocycles. The molecule has 0 saturated heterocycles. The molecule has 2 aromatic rings. The zero-order valence-electron chi connectivity index (χ0n) is 11.2. The summed E-state index contributed by atoms with van der Waals surface area (Å²) in [6, 6.07) is 7.70. The van der Waals surface area contributed by atoms with E-state index in [1.54, 1.807) is 4.68 Å². The van der Waals surface area contributed by atoms with Crippen molar-refractivity contribution in [3.63, 3.8) is 0 Å². The molecule has 0 spiro atoms. The summed E-state index contributed by atoms with van der Waals surface area (Å²) < 4.78 is 1.69. The van der Waals surface area contributed by atoms with Gasteiger partial charge in [-0.2, -0.15) is 0 Å². The summed E-state index contributed by atoms with van der Waals surface area (Å²) in [4.78, 5) is 11.1. The first-order chi connectivity index (χ1) is 9.66. The maximum Gasteiger partial charge on any atom is 0.305 e. The number of hydrogen-bond acceptors (Lipinski definition) is 4. The lowest BCUT2D eigenvalue weighted by molar-refractivity contribution is -0.138. The van der Waals surface area contributed by atoms with E-state index in [2.05, 4.69) is 15.5 Å². The number of benzene rings is 1. The van der Waals surface area contributed by atoms with Crippen LogP contribution in [0.15, 0.2) is 24.3 Å². The van der Waals surface area contributed by atoms with E-state index >= 15 is 0 Å². The largest absolute Gasteiger partial charge is 0.481 e. The van der Waals surface area contributed by atoms with E-state index in [1.807, 2.05) is 31.2 Å². The molecule has 6 heteroatoms. The number of tetrazole rings is 1. The maximum absolute atomic E-state index is 11.1. The number of carboxylic acids is 1. The van der Waals surface area contributed by atoms with Crippen molar-refractivity contribution in [3.8, 4) is 11.4 Å². The van der Waals surface area contributed by atoms with Crippen LogP contribution in [0.4, 0.5) is 0 Å². The van der Waals surface area contributed by atoms with Crippen LogP contribution in [0.5, 0.6) is 0 Å². The van der Waals surface area contributed by atoms with Gasteiger partial charge in [-0.1, -0.05) is 24.3 Å². The first-order valence-electron chi connectivity index (χ1n) is 6.72. The van der Waals surface area contributed by atoms with Gasteiger partial charge in [0.05, 0.1) is 12.5 Å². The van der Waals surface area contributed by atoms with Crippen molar-refractivity contribution in [2.24, 2.45) is 5.92 Å². The van der Waals surface area contributed by atoms with Gasteiger partial charge in [0.25, 0.3) is 0 Å². The third-order valence-corrected chi connectivity index (χ3v) is 3.74. The zero-order chi connectivity index (χ0) is 14.1. The molecule has 0 amide bonds. The monoisotopic (exact) mass is 272 g/mol. The highest BCUT2D eigenvalue weighted by molar-refractivity contribution is 5.67. The van der Waals surface area contributed by atoms with Crippen LogP contribution in [0.1, 0.15) is 30.9 Å². The summed E-state index contributed by atoms with van der Waals surface area (Å²) in [7, 11) is 0. The van der Waals surface area contributed by atoms with Crippen molar-refractivity contribution in [2.45, 2.75) is 32.2 Å². The lowest BCUT2D eigenvalue weighted by atomic mass is 10.1. The highest BCUT2D eigenvalue weighted by Crippen LogP contribution is 2.42. The maximum atomic E-state index is 11.1. The predicted octanol–water partition coefficient (Wildman–Crippen LogP) is 2.07. The Morgan fingerprint density at radius 3 is 2.85 bits per heavy atom. The van der Waals surface area contributed by atoms with Gasteiger partial charge in [-0.05, 0) is 41.7 Å². The Balaban J connectivity index is 2.00. The lowest BCUT2D eigenvalue weighted by Crippen LogP contribution is -2.18. The summed E-state index contributed by atoms with van der Waals surface area (Å²) >= 11 is 0. The molecule has 1 heterocycles. The summed E-state index contributed by atoms with van der Waals surface area (Å²) in [5.41, 5.74) is 2.03. The first kappa shape index (κ1) is 12.8. The first-order valence-corrected chi connectivity index (χ1v) is 6.72. The highest BCUT2D eigenvalue weighted by Gasteiger charge is 2.36. The predicted molar refractivity (Wildman–Crippen MR) is 72.0 cm³/mol. The van der Waals surface area contributed by atoms with E-state index in [0.29, 0.717) is 11.7 Å². The Labute approximate surface area is 116 Å². The molecular formula is C14H16N4O2. The number of carboxylic acid groups (broad SMARTS) is 1. The van der Waals surface area contributed by atoms with E-state index in [-0.39, 0.29) is 12.5 Å². The van der Waals surface area contributed by atoms with Crippen LogP contribution < -0.4 is 0 Å². The molecule has 3 rings (SSSR count). The van der Waals surface area contributed by atoms with Gasteiger partial charge in [0, 0.05) is 5.56 Å². The van der Waals surface area contributed by atoms with Crippen molar-refractivity contribution in [1.29, 1.82) is 0 Å². The van der Waals surface area contributed by atoms with Crippen LogP contribution in [0.3, 0.4) is 0 Å². The fourth-order valence-electron chi connectivity index (χ4n) is 2.53. The quantitative estimate of drug-likeness (QED) is 0.901. The highest BCUT2D eigenvalue weighted by atomic mass is 16.4. The van der Waals surface area contributed by atoms with Crippen LogP contribution >= 0.6 is 0 Å². The fourth-order valence-corrected chi connectivity index (χ4v) is 2.53. The number of rotatable bonds is 5. The standard InChI is InChI=1S/C14H16N4O2/c1-9-4-2-3-5-11(9)14-15-16-17-18(14)12(8-13(19)20)10-6-7-10/h2-5,10,12H,6-8H2,1H3,(H,19,20). The Morgan fingerprint density at radius 2 is 2.20 bits per heavy atom. The molecule has 20 heavy (non-hydrogen) atoms. The molecule has 1 N–H and O–H groups in total. The van der Waals surface area contributed by atoms with Crippen LogP contribution in [0.25, 0.3) is 11.4 Å². The summed E-state index contributed by atoms with van der Waals surface area (Å²) in [6.45, 7) is 2.00. The number of aromatic nitrogens is 4. The molecule has 1 unspecified atom stereocenters. The minimum Gasteiger partial charge on any atom is -0.481 e. The second-order valence-corrected chi connectivity index (χ2v) is 5.26. The SMILES string of the molecule is Cc1ccccc1-c1nnnn1C(CC(=O)O)C1CC1. The number of hydrogen-bond donors (Lipinski definition) is 1. The van der Waals surface area contributed by atoms with Gasteiger partial charge in [-0.15, -0.1) is 5.10 Å². The van der Waals surface area contributed by atoms with Crippen LogP contribution in [0.2, 0.25) is 0 Å². The Kier molecular flexibility index (Phi) is 3.22. The smallest absolute Gasteiger partial charge is 0.305 e. The van der Waals surface area contributed by atoms with Crippen molar-refractivity contribution in [3.05, 3.63) is 29.8 Å². The molecular weight excluding hydrogens is 256 g/mol. The van der Waals surface area contributed by atoms with Crippen molar-refractivity contribution < 1.29 is 9.90 Å². The molecule has 1 aliphatic rings. The van der Waals surface area contributed by atoms with Gasteiger partial charge in [-0.25, -0.2) is 4.68 Å². The van der Waals surface area contributed by atoms with Gasteiger partial charge in [-0.3, -0.25) is 4.79 Å². The zero-order valence-corrected chi connectivity index (χ0v) is 11.2. The van der Waals surface area contributed by atoms with E-state index in [4.69, 9.17) is 5.11 Å². The molecule has 0 radical (unpaired) electrons. The molecule has 1 fully saturated rings. The Morgan fingerprint density at radius 1 is 1.45 bits per heavy atom. The average molecular weight is 272 g/mol. The summed E-state index contributed by atoms with van der Waals surface area (Å²) in [6.07, 6.45) is 2.16. The van der Waals surface area contributed by atoms with E-state index in [9.17, 15) is 4.79 Å². The minimum atomic E-state index is -0.812. The molecule has 0 bridgehead atoms. The number of aryl methyl sites for hydroxylation is 1. The minimum absolute atomic E-state index is 0.0641.